The number of thioether (sulfide) groups is 1. The number of carbonyl (C=O) groups excluding carboxylic acids is 1. The van der Waals surface area contributed by atoms with Crippen LogP contribution in [0.5, 0.6) is 0 Å². The van der Waals surface area contributed by atoms with Crippen molar-refractivity contribution in [1.82, 2.24) is 24.5 Å². The van der Waals surface area contributed by atoms with Crippen LogP contribution < -0.4 is 0 Å². The summed E-state index contributed by atoms with van der Waals surface area (Å²) in [5.41, 5.74) is 2.30. The van der Waals surface area contributed by atoms with Gasteiger partial charge in [-0.15, -0.1) is 21.5 Å². The van der Waals surface area contributed by atoms with E-state index in [9.17, 15) is 4.79 Å². The summed E-state index contributed by atoms with van der Waals surface area (Å²) in [4.78, 5) is 21.6. The number of hydrogen-bond donors (Lipinski definition) is 0. The van der Waals surface area contributed by atoms with Crippen LogP contribution in [-0.4, -0.2) is 49.2 Å². The van der Waals surface area contributed by atoms with Crippen molar-refractivity contribution in [2.24, 2.45) is 5.92 Å². The quantitative estimate of drug-likeness (QED) is 0.608. The zero-order valence-corrected chi connectivity index (χ0v) is 17.9. The molecule has 0 aliphatic heterocycles. The lowest BCUT2D eigenvalue weighted by Gasteiger charge is -2.18. The molecule has 0 saturated heterocycles. The highest BCUT2D eigenvalue weighted by molar-refractivity contribution is 7.99. The van der Waals surface area contributed by atoms with E-state index in [4.69, 9.17) is 4.98 Å². The Morgan fingerprint density at radius 1 is 1.33 bits per heavy atom. The van der Waals surface area contributed by atoms with E-state index in [-0.39, 0.29) is 5.91 Å². The Balaban J connectivity index is 1.72. The van der Waals surface area contributed by atoms with Crippen LogP contribution >= 0.6 is 23.1 Å². The van der Waals surface area contributed by atoms with Gasteiger partial charge in [0.25, 0.3) is 0 Å². The van der Waals surface area contributed by atoms with Gasteiger partial charge in [-0.25, -0.2) is 4.98 Å². The lowest BCUT2D eigenvalue weighted by atomic mass is 9.89. The minimum Gasteiger partial charge on any atom is -0.343 e. The lowest BCUT2D eigenvalue weighted by Crippen LogP contribution is -2.31. The molecule has 0 spiro atoms. The second-order valence-corrected chi connectivity index (χ2v) is 9.21. The van der Waals surface area contributed by atoms with Gasteiger partial charge in [0.05, 0.1) is 11.1 Å². The predicted octanol–water partition coefficient (Wildman–Crippen LogP) is 3.73. The summed E-state index contributed by atoms with van der Waals surface area (Å²) < 4.78 is 2.02. The first-order valence-corrected chi connectivity index (χ1v) is 11.4. The van der Waals surface area contributed by atoms with Crippen LogP contribution in [0.25, 0.3) is 15.9 Å². The number of thiophene rings is 1. The first kappa shape index (κ1) is 18.7. The third-order valence-corrected chi connectivity index (χ3v) is 7.44. The lowest BCUT2D eigenvalue weighted by molar-refractivity contribution is -0.127. The number of rotatable bonds is 5. The van der Waals surface area contributed by atoms with Crippen LogP contribution in [0, 0.1) is 12.8 Å². The van der Waals surface area contributed by atoms with Crippen LogP contribution in [0.15, 0.2) is 5.16 Å². The molecule has 8 heteroatoms. The molecule has 0 unspecified atom stereocenters. The molecule has 3 aromatic heterocycles. The molecule has 27 heavy (non-hydrogen) atoms. The number of hydrogen-bond acceptors (Lipinski definition) is 6. The van der Waals surface area contributed by atoms with E-state index in [0.29, 0.717) is 5.75 Å². The summed E-state index contributed by atoms with van der Waals surface area (Å²) in [7, 11) is 0. The minimum atomic E-state index is 0.135. The maximum absolute atomic E-state index is 12.3. The van der Waals surface area contributed by atoms with Crippen molar-refractivity contribution >= 4 is 44.9 Å². The van der Waals surface area contributed by atoms with Crippen LogP contribution in [0.1, 0.15) is 43.5 Å². The average Bonchev–Trinajstić information content (AvgIpc) is 3.21. The largest absolute Gasteiger partial charge is 0.343 e. The number of aromatic nitrogens is 4. The van der Waals surface area contributed by atoms with Crippen LogP contribution in [0.3, 0.4) is 0 Å². The number of nitrogens with zero attached hydrogens (tertiary/aromatic N) is 5. The van der Waals surface area contributed by atoms with Gasteiger partial charge in [-0.3, -0.25) is 9.20 Å². The van der Waals surface area contributed by atoms with Gasteiger partial charge in [-0.05, 0) is 51.5 Å². The Kier molecular flexibility index (Phi) is 5.11. The fourth-order valence-electron chi connectivity index (χ4n) is 3.85. The minimum absolute atomic E-state index is 0.135. The molecule has 0 N–H and O–H groups in total. The molecule has 0 fully saturated rings. The van der Waals surface area contributed by atoms with Crippen LogP contribution in [0.2, 0.25) is 0 Å². The van der Waals surface area contributed by atoms with Crippen molar-refractivity contribution in [2.45, 2.75) is 52.1 Å². The Hall–Kier alpha value is -1.67. The van der Waals surface area contributed by atoms with Gasteiger partial charge in [0.15, 0.2) is 10.8 Å². The highest BCUT2D eigenvalue weighted by atomic mass is 32.2. The number of amides is 1. The number of fused-ring (bicyclic) bond motifs is 5. The molecule has 3 heterocycles. The van der Waals surface area contributed by atoms with Crippen molar-refractivity contribution < 1.29 is 4.79 Å². The van der Waals surface area contributed by atoms with Crippen molar-refractivity contribution in [3.05, 3.63) is 16.3 Å². The van der Waals surface area contributed by atoms with Crippen molar-refractivity contribution in [3.8, 4) is 0 Å². The molecule has 1 atom stereocenters. The zero-order chi connectivity index (χ0) is 19.1. The number of carbonyl (C=O) groups is 1. The van der Waals surface area contributed by atoms with Gasteiger partial charge in [-0.1, -0.05) is 18.7 Å². The first-order chi connectivity index (χ1) is 13.0. The maximum atomic E-state index is 12.3. The molecular weight excluding hydrogens is 378 g/mol. The summed E-state index contributed by atoms with van der Waals surface area (Å²) in [6.07, 6.45) is 3.44. The first-order valence-electron chi connectivity index (χ1n) is 9.60. The maximum Gasteiger partial charge on any atom is 0.233 e. The molecule has 0 aromatic carbocycles. The van der Waals surface area contributed by atoms with Gasteiger partial charge < -0.3 is 4.90 Å². The van der Waals surface area contributed by atoms with Gasteiger partial charge in [0, 0.05) is 18.0 Å². The standard InChI is InChI=1S/C19H25N5OS2/c1-5-23(6-2)15(25)10-26-19-22-21-17-16-13-8-7-11(3)9-14(13)27-18(16)20-12(4)24(17)19/h11H,5-10H2,1-4H3/t11-/m1/s1. The molecule has 3 aromatic rings. The third kappa shape index (κ3) is 3.23. The molecule has 1 amide bonds. The molecule has 0 bridgehead atoms. The van der Waals surface area contributed by atoms with E-state index in [2.05, 4.69) is 17.1 Å². The van der Waals surface area contributed by atoms with E-state index in [1.807, 2.05) is 41.4 Å². The summed E-state index contributed by atoms with van der Waals surface area (Å²) in [6.45, 7) is 9.79. The Morgan fingerprint density at radius 2 is 2.11 bits per heavy atom. The monoisotopic (exact) mass is 403 g/mol. The van der Waals surface area contributed by atoms with E-state index in [1.54, 1.807) is 0 Å². The Morgan fingerprint density at radius 3 is 2.85 bits per heavy atom. The SMILES string of the molecule is CCN(CC)C(=O)CSc1nnc2c3c4c(sc3nc(C)n12)C[C@H](C)CC4. The normalized spacial score (nSPS) is 16.8. The van der Waals surface area contributed by atoms with Crippen molar-refractivity contribution in [2.75, 3.05) is 18.8 Å². The molecular formula is C19H25N5OS2. The topological polar surface area (TPSA) is 63.4 Å². The molecule has 1 aliphatic rings. The summed E-state index contributed by atoms with van der Waals surface area (Å²) in [5, 5.41) is 10.8. The van der Waals surface area contributed by atoms with E-state index < -0.39 is 0 Å². The highest BCUT2D eigenvalue weighted by Crippen LogP contribution is 2.39. The molecule has 6 nitrogen and oxygen atoms in total. The van der Waals surface area contributed by atoms with Crippen molar-refractivity contribution in [3.63, 3.8) is 0 Å². The molecule has 4 rings (SSSR count). The van der Waals surface area contributed by atoms with Gasteiger partial charge in [-0.2, -0.15) is 0 Å². The van der Waals surface area contributed by atoms with Crippen LogP contribution in [-0.2, 0) is 17.6 Å². The van der Waals surface area contributed by atoms with Gasteiger partial charge in [0.1, 0.15) is 10.7 Å². The predicted molar refractivity (Wildman–Crippen MR) is 111 cm³/mol. The Bertz CT molecular complexity index is 1000. The second kappa shape index (κ2) is 7.39. The summed E-state index contributed by atoms with van der Waals surface area (Å²) in [5.74, 6) is 2.12. The van der Waals surface area contributed by atoms with Gasteiger partial charge >= 0.3 is 0 Å². The third-order valence-electron chi connectivity index (χ3n) is 5.38. The highest BCUT2D eigenvalue weighted by Gasteiger charge is 2.25. The average molecular weight is 404 g/mol. The summed E-state index contributed by atoms with van der Waals surface area (Å²) >= 11 is 3.26. The van der Waals surface area contributed by atoms with E-state index in [0.717, 1.165) is 53.3 Å². The smallest absolute Gasteiger partial charge is 0.233 e. The van der Waals surface area contributed by atoms with Gasteiger partial charge in [0.2, 0.25) is 5.91 Å². The van der Waals surface area contributed by atoms with Crippen LogP contribution in [0.4, 0.5) is 0 Å². The molecule has 144 valence electrons. The second-order valence-electron chi connectivity index (χ2n) is 7.19. The van der Waals surface area contributed by atoms with Crippen molar-refractivity contribution in [1.29, 1.82) is 0 Å². The fourth-order valence-corrected chi connectivity index (χ4v) is 6.16. The van der Waals surface area contributed by atoms with E-state index >= 15 is 0 Å². The van der Waals surface area contributed by atoms with E-state index in [1.165, 1.54) is 34.0 Å². The zero-order valence-electron chi connectivity index (χ0n) is 16.3. The number of aryl methyl sites for hydroxylation is 2. The molecule has 0 radical (unpaired) electrons. The summed E-state index contributed by atoms with van der Waals surface area (Å²) in [6, 6.07) is 0. The molecule has 0 saturated carbocycles. The Labute approximate surface area is 167 Å². The molecule has 1 aliphatic carbocycles. The fraction of sp³-hybridized carbons (Fsp3) is 0.579.